The molecule has 1 unspecified atom stereocenters. The summed E-state index contributed by atoms with van der Waals surface area (Å²) in [5, 5.41) is 4.36. The predicted molar refractivity (Wildman–Crippen MR) is 161 cm³/mol. The lowest BCUT2D eigenvalue weighted by atomic mass is 10.1. The van der Waals surface area contributed by atoms with E-state index in [-0.39, 0.29) is 21.9 Å². The van der Waals surface area contributed by atoms with Gasteiger partial charge in [-0.1, -0.05) is 30.3 Å². The second kappa shape index (κ2) is 11.4. The molecule has 1 aliphatic heterocycles. The Kier molecular flexibility index (Phi) is 7.57. The van der Waals surface area contributed by atoms with Gasteiger partial charge in [-0.25, -0.2) is 13.4 Å². The number of fused-ring (bicyclic) bond motifs is 1. The zero-order chi connectivity index (χ0) is 28.4. The van der Waals surface area contributed by atoms with Crippen LogP contribution in [-0.4, -0.2) is 58.7 Å². The number of likely N-dealkylation sites (N-methyl/N-ethyl adjacent to an activating group) is 1. The summed E-state index contributed by atoms with van der Waals surface area (Å²) in [6.45, 7) is 2.16. The molecule has 0 amide bonds. The standard InChI is InChI=1S/C30H28N6O3S2/c1-35-16-17-40-26(20-35)21-6-9-24(10-7-21)33-30-32-18-22-8-11-28(37)36(29(22)34-30)19-23-4-2-3-5-27(23)41(38,39)25-12-14-31-15-13-25/h2-15,18,26H,16-17,19-20H2,1H3,(H,32,33,34). The van der Waals surface area contributed by atoms with Crippen LogP contribution in [0.25, 0.3) is 11.0 Å². The van der Waals surface area contributed by atoms with E-state index < -0.39 is 9.84 Å². The van der Waals surface area contributed by atoms with Crippen molar-refractivity contribution in [1.29, 1.82) is 0 Å². The van der Waals surface area contributed by atoms with Gasteiger partial charge in [0.15, 0.2) is 0 Å². The number of hydrogen-bond acceptors (Lipinski definition) is 9. The van der Waals surface area contributed by atoms with E-state index in [0.717, 1.165) is 24.5 Å². The van der Waals surface area contributed by atoms with Crippen molar-refractivity contribution < 1.29 is 8.42 Å². The van der Waals surface area contributed by atoms with Crippen LogP contribution in [0.4, 0.5) is 11.6 Å². The maximum Gasteiger partial charge on any atom is 0.252 e. The van der Waals surface area contributed by atoms with Crippen LogP contribution >= 0.6 is 11.8 Å². The van der Waals surface area contributed by atoms with Crippen LogP contribution in [0.3, 0.4) is 0 Å². The lowest BCUT2D eigenvalue weighted by molar-refractivity contribution is 0.347. The van der Waals surface area contributed by atoms with E-state index in [1.807, 2.05) is 23.9 Å². The first-order valence-electron chi connectivity index (χ1n) is 13.2. The second-order valence-electron chi connectivity index (χ2n) is 9.89. The lowest BCUT2D eigenvalue weighted by Crippen LogP contribution is -2.30. The van der Waals surface area contributed by atoms with E-state index >= 15 is 0 Å². The highest BCUT2D eigenvalue weighted by atomic mass is 32.2. The molecule has 0 bridgehead atoms. The third-order valence-electron chi connectivity index (χ3n) is 7.08. The Balaban J connectivity index is 1.31. The van der Waals surface area contributed by atoms with E-state index in [1.165, 1.54) is 40.7 Å². The van der Waals surface area contributed by atoms with Gasteiger partial charge >= 0.3 is 0 Å². The van der Waals surface area contributed by atoms with Crippen LogP contribution in [0.15, 0.2) is 106 Å². The SMILES string of the molecule is CN1CCSC(c2ccc(Nc3ncc4ccc(=O)n(Cc5ccccc5S(=O)(=O)c5ccncc5)c4n3)cc2)C1. The van der Waals surface area contributed by atoms with Gasteiger partial charge in [-0.15, -0.1) is 0 Å². The molecule has 2 aromatic carbocycles. The zero-order valence-electron chi connectivity index (χ0n) is 22.3. The third kappa shape index (κ3) is 5.74. The fourth-order valence-corrected chi connectivity index (χ4v) is 7.77. The topological polar surface area (TPSA) is 110 Å². The average molecular weight is 585 g/mol. The van der Waals surface area contributed by atoms with Gasteiger partial charge in [0.1, 0.15) is 5.65 Å². The number of pyridine rings is 2. The quantitative estimate of drug-likeness (QED) is 0.295. The molecule has 3 aromatic heterocycles. The summed E-state index contributed by atoms with van der Waals surface area (Å²) in [4.78, 5) is 28.7. The summed E-state index contributed by atoms with van der Waals surface area (Å²) in [6.07, 6.45) is 4.54. The highest BCUT2D eigenvalue weighted by molar-refractivity contribution is 7.99. The monoisotopic (exact) mass is 584 g/mol. The molecule has 1 atom stereocenters. The van der Waals surface area contributed by atoms with Gasteiger partial charge in [0, 0.05) is 59.8 Å². The van der Waals surface area contributed by atoms with E-state index in [0.29, 0.717) is 27.8 Å². The summed E-state index contributed by atoms with van der Waals surface area (Å²) >= 11 is 1.98. The molecule has 208 valence electrons. The van der Waals surface area contributed by atoms with Gasteiger partial charge in [0.25, 0.3) is 5.56 Å². The molecule has 11 heteroatoms. The minimum atomic E-state index is -3.82. The van der Waals surface area contributed by atoms with Gasteiger partial charge in [-0.2, -0.15) is 16.7 Å². The zero-order valence-corrected chi connectivity index (χ0v) is 24.0. The first-order chi connectivity index (χ1) is 19.9. The summed E-state index contributed by atoms with van der Waals surface area (Å²) in [5.41, 5.74) is 2.71. The van der Waals surface area contributed by atoms with Crippen LogP contribution in [0.2, 0.25) is 0 Å². The smallest absolute Gasteiger partial charge is 0.252 e. The predicted octanol–water partition coefficient (Wildman–Crippen LogP) is 4.53. The van der Waals surface area contributed by atoms with Crippen molar-refractivity contribution in [2.45, 2.75) is 21.6 Å². The molecule has 9 nitrogen and oxygen atoms in total. The van der Waals surface area contributed by atoms with Crippen LogP contribution in [0.1, 0.15) is 16.4 Å². The Morgan fingerprint density at radius 3 is 2.56 bits per heavy atom. The first kappa shape index (κ1) is 27.1. The molecule has 0 radical (unpaired) electrons. The number of sulfone groups is 1. The fourth-order valence-electron chi connectivity index (χ4n) is 4.89. The number of thioether (sulfide) groups is 1. The molecule has 1 aliphatic rings. The lowest BCUT2D eigenvalue weighted by Gasteiger charge is -2.29. The Bertz CT molecular complexity index is 1860. The van der Waals surface area contributed by atoms with E-state index in [1.54, 1.807) is 36.5 Å². The van der Waals surface area contributed by atoms with Crippen LogP contribution < -0.4 is 10.9 Å². The summed E-state index contributed by atoms with van der Waals surface area (Å²) in [5.74, 6) is 1.46. The highest BCUT2D eigenvalue weighted by Crippen LogP contribution is 2.33. The molecule has 6 rings (SSSR count). The number of hydrogen-bond donors (Lipinski definition) is 1. The van der Waals surface area contributed by atoms with Crippen molar-refractivity contribution in [1.82, 2.24) is 24.4 Å². The van der Waals surface area contributed by atoms with Gasteiger partial charge in [0.2, 0.25) is 15.8 Å². The molecular formula is C30H28N6O3S2. The summed E-state index contributed by atoms with van der Waals surface area (Å²) < 4.78 is 28.3. The number of benzene rings is 2. The number of nitrogens with one attached hydrogen (secondary N) is 1. The van der Waals surface area contributed by atoms with Gasteiger partial charge in [0.05, 0.1) is 16.3 Å². The molecule has 41 heavy (non-hydrogen) atoms. The molecule has 0 saturated carbocycles. The maximum absolute atomic E-state index is 13.4. The van der Waals surface area contributed by atoms with Crippen molar-refractivity contribution in [2.24, 2.45) is 0 Å². The molecular weight excluding hydrogens is 557 g/mol. The molecule has 1 N–H and O–H groups in total. The van der Waals surface area contributed by atoms with E-state index in [9.17, 15) is 13.2 Å². The Labute approximate surface area is 242 Å². The third-order valence-corrected chi connectivity index (χ3v) is 10.2. The van der Waals surface area contributed by atoms with Gasteiger partial charge < -0.3 is 10.2 Å². The van der Waals surface area contributed by atoms with Crippen LogP contribution in [-0.2, 0) is 16.4 Å². The van der Waals surface area contributed by atoms with Crippen LogP contribution in [0.5, 0.6) is 0 Å². The highest BCUT2D eigenvalue weighted by Gasteiger charge is 2.22. The number of nitrogens with zero attached hydrogens (tertiary/aromatic N) is 5. The number of aromatic nitrogens is 4. The van der Waals surface area contributed by atoms with Crippen molar-refractivity contribution in [3.63, 3.8) is 0 Å². The normalized spacial score (nSPS) is 16.1. The van der Waals surface area contributed by atoms with Crippen molar-refractivity contribution in [3.8, 4) is 0 Å². The van der Waals surface area contributed by atoms with Crippen LogP contribution in [0, 0.1) is 0 Å². The Hall–Kier alpha value is -4.06. The number of rotatable bonds is 7. The van der Waals surface area contributed by atoms with E-state index in [2.05, 4.69) is 44.3 Å². The second-order valence-corrected chi connectivity index (χ2v) is 13.1. The Morgan fingerprint density at radius 2 is 1.78 bits per heavy atom. The van der Waals surface area contributed by atoms with Gasteiger partial charge in [-0.05, 0) is 54.6 Å². The minimum Gasteiger partial charge on any atom is -0.324 e. The average Bonchev–Trinajstić information content (AvgIpc) is 3.00. The number of anilines is 2. The van der Waals surface area contributed by atoms with Gasteiger partial charge in [-0.3, -0.25) is 14.3 Å². The first-order valence-corrected chi connectivity index (χ1v) is 15.7. The molecule has 5 aromatic rings. The van der Waals surface area contributed by atoms with Crippen molar-refractivity contribution in [3.05, 3.63) is 113 Å². The van der Waals surface area contributed by atoms with E-state index in [4.69, 9.17) is 0 Å². The molecule has 1 fully saturated rings. The fraction of sp³-hybridized carbons (Fsp3) is 0.200. The van der Waals surface area contributed by atoms with Crippen molar-refractivity contribution >= 4 is 44.3 Å². The molecule has 1 saturated heterocycles. The summed E-state index contributed by atoms with van der Waals surface area (Å²) in [7, 11) is -1.67. The van der Waals surface area contributed by atoms with Crippen molar-refractivity contribution in [2.75, 3.05) is 31.2 Å². The Morgan fingerprint density at radius 1 is 1.00 bits per heavy atom. The molecule has 0 spiro atoms. The molecule has 4 heterocycles. The maximum atomic E-state index is 13.4. The minimum absolute atomic E-state index is 0.0231. The summed E-state index contributed by atoms with van der Waals surface area (Å²) in [6, 6.07) is 21.0. The molecule has 0 aliphatic carbocycles. The largest absolute Gasteiger partial charge is 0.324 e.